The maximum Gasteiger partial charge on any atom is 0.266 e. The van der Waals surface area contributed by atoms with Crippen LogP contribution in [0.15, 0.2) is 24.3 Å². The Hall–Kier alpha value is -2.54. The van der Waals surface area contributed by atoms with Gasteiger partial charge in [-0.25, -0.2) is 14.4 Å². The fraction of sp³-hybridized carbons (Fsp3) is 0.381. The number of piperidine rings is 1. The van der Waals surface area contributed by atoms with Crippen molar-refractivity contribution >= 4 is 39.0 Å². The third-order valence-corrected chi connectivity index (χ3v) is 6.45. The Kier molecular flexibility index (Phi) is 5.02. The minimum absolute atomic E-state index is 0.206. The summed E-state index contributed by atoms with van der Waals surface area (Å²) in [6.07, 6.45) is 3.53. The molecular formula is C21H23FN4OS. The van der Waals surface area contributed by atoms with E-state index in [4.69, 9.17) is 4.98 Å². The van der Waals surface area contributed by atoms with Crippen molar-refractivity contribution in [1.29, 1.82) is 0 Å². The Balaban J connectivity index is 1.74. The predicted molar refractivity (Wildman–Crippen MR) is 112 cm³/mol. The molecule has 1 aromatic carbocycles. The third kappa shape index (κ3) is 3.46. The molecule has 1 aliphatic heterocycles. The topological polar surface area (TPSA) is 58.1 Å². The Morgan fingerprint density at radius 1 is 1.21 bits per heavy atom. The normalized spacial score (nSPS) is 17.1. The van der Waals surface area contributed by atoms with Crippen LogP contribution in [0.5, 0.6) is 0 Å². The van der Waals surface area contributed by atoms with Crippen molar-refractivity contribution in [3.8, 4) is 0 Å². The molecule has 28 heavy (non-hydrogen) atoms. The molecule has 1 amide bonds. The van der Waals surface area contributed by atoms with Gasteiger partial charge in [-0.15, -0.1) is 11.3 Å². The molecule has 1 saturated heterocycles. The van der Waals surface area contributed by atoms with Gasteiger partial charge in [0.05, 0.1) is 10.3 Å². The Morgan fingerprint density at radius 3 is 2.68 bits per heavy atom. The van der Waals surface area contributed by atoms with Gasteiger partial charge in [0.25, 0.3) is 5.91 Å². The molecule has 1 unspecified atom stereocenters. The minimum atomic E-state index is -0.331. The van der Waals surface area contributed by atoms with Crippen LogP contribution in [0.4, 0.5) is 15.9 Å². The fourth-order valence-electron chi connectivity index (χ4n) is 3.78. The SMILES string of the molecule is Cc1nc(N2CCCCC2C)c2c(C)c(C(=O)Nc3ccc(F)cc3)sc2n1. The van der Waals surface area contributed by atoms with E-state index in [9.17, 15) is 9.18 Å². The highest BCUT2D eigenvalue weighted by molar-refractivity contribution is 7.20. The molecule has 0 radical (unpaired) electrons. The first-order chi connectivity index (χ1) is 13.4. The number of aryl methyl sites for hydroxylation is 2. The van der Waals surface area contributed by atoms with Crippen molar-refractivity contribution in [3.63, 3.8) is 0 Å². The van der Waals surface area contributed by atoms with Crippen molar-refractivity contribution in [3.05, 3.63) is 46.3 Å². The molecule has 3 heterocycles. The number of nitrogens with one attached hydrogen (secondary N) is 1. The zero-order valence-corrected chi connectivity index (χ0v) is 17.1. The molecule has 7 heteroatoms. The molecule has 1 N–H and O–H groups in total. The zero-order valence-electron chi connectivity index (χ0n) is 16.3. The number of thiophene rings is 1. The number of halogens is 1. The summed E-state index contributed by atoms with van der Waals surface area (Å²) in [5, 5.41) is 3.82. The molecule has 2 aromatic heterocycles. The number of benzene rings is 1. The molecule has 1 atom stereocenters. The number of amides is 1. The smallest absolute Gasteiger partial charge is 0.266 e. The van der Waals surface area contributed by atoms with Gasteiger partial charge in [0.2, 0.25) is 0 Å². The van der Waals surface area contributed by atoms with Gasteiger partial charge in [0.15, 0.2) is 0 Å². The first kappa shape index (κ1) is 18.8. The largest absolute Gasteiger partial charge is 0.353 e. The first-order valence-electron chi connectivity index (χ1n) is 9.55. The van der Waals surface area contributed by atoms with Crippen LogP contribution < -0.4 is 10.2 Å². The lowest BCUT2D eigenvalue weighted by molar-refractivity contribution is 0.103. The molecule has 5 nitrogen and oxygen atoms in total. The van der Waals surface area contributed by atoms with Gasteiger partial charge in [-0.05, 0) is 69.9 Å². The van der Waals surface area contributed by atoms with Crippen molar-refractivity contribution in [1.82, 2.24) is 9.97 Å². The second-order valence-electron chi connectivity index (χ2n) is 7.33. The van der Waals surface area contributed by atoms with Gasteiger partial charge in [-0.2, -0.15) is 0 Å². The number of hydrogen-bond acceptors (Lipinski definition) is 5. The van der Waals surface area contributed by atoms with E-state index in [-0.39, 0.29) is 11.7 Å². The van der Waals surface area contributed by atoms with Gasteiger partial charge in [-0.1, -0.05) is 0 Å². The van der Waals surface area contributed by atoms with Crippen LogP contribution >= 0.6 is 11.3 Å². The number of aromatic nitrogens is 2. The number of nitrogens with zero attached hydrogens (tertiary/aromatic N) is 3. The minimum Gasteiger partial charge on any atom is -0.353 e. The van der Waals surface area contributed by atoms with Crippen LogP contribution in [0.2, 0.25) is 0 Å². The molecular weight excluding hydrogens is 375 g/mol. The Bertz CT molecular complexity index is 1030. The fourth-order valence-corrected chi connectivity index (χ4v) is 4.90. The maximum absolute atomic E-state index is 13.1. The molecule has 0 aliphatic carbocycles. The summed E-state index contributed by atoms with van der Waals surface area (Å²) in [6, 6.07) is 6.19. The van der Waals surface area contributed by atoms with Crippen LogP contribution in [-0.4, -0.2) is 28.5 Å². The second kappa shape index (κ2) is 7.47. The van der Waals surface area contributed by atoms with E-state index < -0.39 is 0 Å². The van der Waals surface area contributed by atoms with Gasteiger partial charge >= 0.3 is 0 Å². The standard InChI is InChI=1S/C21H23FN4OS/c1-12-6-4-5-11-26(12)19-17-13(2)18(28-21(17)24-14(3)23-19)20(27)25-16-9-7-15(22)8-10-16/h7-10,12H,4-6,11H2,1-3H3,(H,25,27). The van der Waals surface area contributed by atoms with Crippen molar-refractivity contribution in [2.24, 2.45) is 0 Å². The summed E-state index contributed by atoms with van der Waals surface area (Å²) in [5.41, 5.74) is 1.46. The number of carbonyl (C=O) groups is 1. The number of carbonyl (C=O) groups excluding carboxylic acids is 1. The van der Waals surface area contributed by atoms with Gasteiger partial charge < -0.3 is 10.2 Å². The van der Waals surface area contributed by atoms with Gasteiger partial charge in [-0.3, -0.25) is 4.79 Å². The zero-order chi connectivity index (χ0) is 19.8. The monoisotopic (exact) mass is 398 g/mol. The Morgan fingerprint density at radius 2 is 1.96 bits per heavy atom. The lowest BCUT2D eigenvalue weighted by Gasteiger charge is -2.35. The Labute approximate surface area is 167 Å². The number of hydrogen-bond donors (Lipinski definition) is 1. The molecule has 0 bridgehead atoms. The maximum atomic E-state index is 13.1. The van der Waals surface area contributed by atoms with Crippen LogP contribution in [0, 0.1) is 19.7 Å². The van der Waals surface area contributed by atoms with Crippen molar-refractivity contribution in [2.75, 3.05) is 16.8 Å². The lowest BCUT2D eigenvalue weighted by atomic mass is 10.0. The molecule has 0 saturated carbocycles. The molecule has 0 spiro atoms. The van der Waals surface area contributed by atoms with E-state index >= 15 is 0 Å². The van der Waals surface area contributed by atoms with Crippen LogP contribution in [0.25, 0.3) is 10.2 Å². The van der Waals surface area contributed by atoms with E-state index in [0.717, 1.165) is 41.0 Å². The summed E-state index contributed by atoms with van der Waals surface area (Å²) in [6.45, 7) is 7.05. The van der Waals surface area contributed by atoms with Gasteiger partial charge in [0, 0.05) is 18.3 Å². The average Bonchev–Trinajstić information content (AvgIpc) is 3.00. The quantitative estimate of drug-likeness (QED) is 0.669. The summed E-state index contributed by atoms with van der Waals surface area (Å²) in [4.78, 5) is 26.0. The van der Waals surface area contributed by atoms with Crippen molar-refractivity contribution < 1.29 is 9.18 Å². The molecule has 4 rings (SSSR count). The van der Waals surface area contributed by atoms with Gasteiger partial charge in [0.1, 0.15) is 22.3 Å². The molecule has 146 valence electrons. The summed E-state index contributed by atoms with van der Waals surface area (Å²) in [5.74, 6) is 1.11. The lowest BCUT2D eigenvalue weighted by Crippen LogP contribution is -2.38. The van der Waals surface area contributed by atoms with E-state index in [1.165, 1.54) is 29.9 Å². The van der Waals surface area contributed by atoms with E-state index in [2.05, 4.69) is 22.1 Å². The van der Waals surface area contributed by atoms with E-state index in [0.29, 0.717) is 22.4 Å². The van der Waals surface area contributed by atoms with Crippen LogP contribution in [0.1, 0.15) is 47.2 Å². The third-order valence-electron chi connectivity index (χ3n) is 5.27. The van der Waals surface area contributed by atoms with Crippen LogP contribution in [0.3, 0.4) is 0 Å². The first-order valence-corrected chi connectivity index (χ1v) is 10.4. The second-order valence-corrected chi connectivity index (χ2v) is 8.33. The van der Waals surface area contributed by atoms with E-state index in [1.54, 1.807) is 12.1 Å². The summed E-state index contributed by atoms with van der Waals surface area (Å²) < 4.78 is 13.1. The molecule has 1 aliphatic rings. The van der Waals surface area contributed by atoms with Crippen LogP contribution in [-0.2, 0) is 0 Å². The average molecular weight is 399 g/mol. The highest BCUT2D eigenvalue weighted by Gasteiger charge is 2.26. The highest BCUT2D eigenvalue weighted by Crippen LogP contribution is 2.37. The predicted octanol–water partition coefficient (Wildman–Crippen LogP) is 5.08. The highest BCUT2D eigenvalue weighted by atomic mass is 32.1. The molecule has 3 aromatic rings. The summed E-state index contributed by atoms with van der Waals surface area (Å²) in [7, 11) is 0. The van der Waals surface area contributed by atoms with E-state index in [1.807, 2.05) is 13.8 Å². The summed E-state index contributed by atoms with van der Waals surface area (Å²) >= 11 is 1.38. The number of fused-ring (bicyclic) bond motifs is 1. The van der Waals surface area contributed by atoms with Crippen molar-refractivity contribution in [2.45, 2.75) is 46.1 Å². The number of anilines is 2. The number of rotatable bonds is 3. The molecule has 1 fully saturated rings.